The van der Waals surface area contributed by atoms with Gasteiger partial charge in [-0.3, -0.25) is 9.59 Å². The number of carbonyl (C=O) groups is 2. The molecule has 0 bridgehead atoms. The molecule has 2 aliphatic rings. The van der Waals surface area contributed by atoms with Crippen LogP contribution in [0.4, 0.5) is 8.78 Å². The SMILES string of the molecule is O=C1NC[C@@]2(C(=O)O)CN(S(=O)(=O)c3c(F)cccc3F)C[C@@H]12. The molecule has 1 amide bonds. The third-order valence-electron chi connectivity index (χ3n) is 4.35. The highest BCUT2D eigenvalue weighted by molar-refractivity contribution is 7.89. The Labute approximate surface area is 129 Å². The molecule has 2 aliphatic heterocycles. The largest absolute Gasteiger partial charge is 0.481 e. The van der Waals surface area contributed by atoms with Crippen LogP contribution in [0, 0.1) is 23.0 Å². The number of carboxylic acid groups (broad SMARTS) is 1. The summed E-state index contributed by atoms with van der Waals surface area (Å²) in [6.45, 7) is -1.19. The number of nitrogens with one attached hydrogen (secondary N) is 1. The molecule has 2 N–H and O–H groups in total. The first-order valence-electron chi connectivity index (χ1n) is 6.65. The minimum Gasteiger partial charge on any atom is -0.481 e. The first-order valence-corrected chi connectivity index (χ1v) is 8.09. The van der Waals surface area contributed by atoms with Crippen molar-refractivity contribution in [2.24, 2.45) is 11.3 Å². The Kier molecular flexibility index (Phi) is 3.41. The Balaban J connectivity index is 2.04. The molecule has 0 saturated carbocycles. The Bertz CT molecular complexity index is 792. The molecule has 0 spiro atoms. The van der Waals surface area contributed by atoms with E-state index in [1.807, 2.05) is 0 Å². The maximum atomic E-state index is 13.8. The molecule has 2 saturated heterocycles. The first kappa shape index (κ1) is 15.8. The molecule has 0 radical (unpaired) electrons. The molecule has 2 fully saturated rings. The maximum Gasteiger partial charge on any atom is 0.313 e. The quantitative estimate of drug-likeness (QED) is 0.788. The topological polar surface area (TPSA) is 104 Å². The van der Waals surface area contributed by atoms with Gasteiger partial charge in [-0.25, -0.2) is 17.2 Å². The van der Waals surface area contributed by atoms with Gasteiger partial charge < -0.3 is 10.4 Å². The lowest BCUT2D eigenvalue weighted by molar-refractivity contribution is -0.149. The van der Waals surface area contributed by atoms with Gasteiger partial charge in [-0.15, -0.1) is 0 Å². The number of carboxylic acids is 1. The molecule has 124 valence electrons. The molecular weight excluding hydrogens is 334 g/mol. The van der Waals surface area contributed by atoms with E-state index in [0.717, 1.165) is 18.2 Å². The summed E-state index contributed by atoms with van der Waals surface area (Å²) < 4.78 is 53.2. The monoisotopic (exact) mass is 346 g/mol. The summed E-state index contributed by atoms with van der Waals surface area (Å²) in [5, 5.41) is 11.8. The number of sulfonamides is 1. The van der Waals surface area contributed by atoms with Crippen molar-refractivity contribution in [1.29, 1.82) is 0 Å². The summed E-state index contributed by atoms with van der Waals surface area (Å²) in [5.74, 6) is -5.54. The summed E-state index contributed by atoms with van der Waals surface area (Å²) in [6, 6.07) is 2.62. The first-order chi connectivity index (χ1) is 10.7. The van der Waals surface area contributed by atoms with E-state index < -0.39 is 62.9 Å². The van der Waals surface area contributed by atoms with Crippen LogP contribution < -0.4 is 5.32 Å². The van der Waals surface area contributed by atoms with Crippen LogP contribution in [0.2, 0.25) is 0 Å². The van der Waals surface area contributed by atoms with Gasteiger partial charge in [0.2, 0.25) is 15.9 Å². The number of aliphatic carboxylic acids is 1. The van der Waals surface area contributed by atoms with Crippen molar-refractivity contribution in [3.05, 3.63) is 29.8 Å². The van der Waals surface area contributed by atoms with Crippen LogP contribution in [0.3, 0.4) is 0 Å². The van der Waals surface area contributed by atoms with E-state index in [0.29, 0.717) is 4.31 Å². The zero-order valence-electron chi connectivity index (χ0n) is 11.6. The minimum atomic E-state index is -4.60. The van der Waals surface area contributed by atoms with E-state index in [1.54, 1.807) is 0 Å². The summed E-state index contributed by atoms with van der Waals surface area (Å²) in [6.07, 6.45) is 0. The van der Waals surface area contributed by atoms with Crippen molar-refractivity contribution in [1.82, 2.24) is 9.62 Å². The molecule has 1 aromatic carbocycles. The second-order valence-corrected chi connectivity index (χ2v) is 7.45. The molecule has 2 atom stereocenters. The molecule has 3 rings (SSSR count). The number of amides is 1. The van der Waals surface area contributed by atoms with Crippen LogP contribution in [0.1, 0.15) is 0 Å². The number of hydrogen-bond donors (Lipinski definition) is 2. The van der Waals surface area contributed by atoms with E-state index in [9.17, 15) is 31.9 Å². The number of nitrogens with zero attached hydrogens (tertiary/aromatic N) is 1. The van der Waals surface area contributed by atoms with Gasteiger partial charge >= 0.3 is 5.97 Å². The number of halogens is 2. The molecule has 10 heteroatoms. The van der Waals surface area contributed by atoms with Crippen molar-refractivity contribution >= 4 is 21.9 Å². The summed E-state index contributed by atoms with van der Waals surface area (Å²) >= 11 is 0. The second-order valence-electron chi connectivity index (χ2n) is 5.58. The highest BCUT2D eigenvalue weighted by Gasteiger charge is 2.61. The fourth-order valence-corrected chi connectivity index (χ4v) is 4.72. The van der Waals surface area contributed by atoms with Gasteiger partial charge in [0, 0.05) is 19.6 Å². The third-order valence-corrected chi connectivity index (χ3v) is 6.21. The predicted octanol–water partition coefficient (Wildman–Crippen LogP) is -0.214. The van der Waals surface area contributed by atoms with E-state index in [2.05, 4.69) is 5.32 Å². The number of benzene rings is 1. The molecule has 7 nitrogen and oxygen atoms in total. The highest BCUT2D eigenvalue weighted by Crippen LogP contribution is 2.42. The van der Waals surface area contributed by atoms with Crippen molar-refractivity contribution in [2.45, 2.75) is 4.90 Å². The van der Waals surface area contributed by atoms with Crippen LogP contribution in [-0.2, 0) is 19.6 Å². The zero-order chi connectivity index (χ0) is 17.0. The van der Waals surface area contributed by atoms with Gasteiger partial charge in [-0.2, -0.15) is 4.31 Å². The van der Waals surface area contributed by atoms with Crippen molar-refractivity contribution in [2.75, 3.05) is 19.6 Å². The smallest absolute Gasteiger partial charge is 0.313 e. The molecule has 0 aliphatic carbocycles. The van der Waals surface area contributed by atoms with E-state index in [-0.39, 0.29) is 6.54 Å². The van der Waals surface area contributed by atoms with Crippen LogP contribution in [0.15, 0.2) is 23.1 Å². The summed E-state index contributed by atoms with van der Waals surface area (Å²) in [4.78, 5) is 22.2. The Hall–Kier alpha value is -2.07. The Morgan fingerprint density at radius 3 is 2.48 bits per heavy atom. The van der Waals surface area contributed by atoms with Gasteiger partial charge in [0.15, 0.2) is 4.90 Å². The van der Waals surface area contributed by atoms with Crippen molar-refractivity contribution < 1.29 is 31.9 Å². The number of hydrogen-bond acceptors (Lipinski definition) is 4. The molecule has 0 aromatic heterocycles. The van der Waals surface area contributed by atoms with E-state index >= 15 is 0 Å². The minimum absolute atomic E-state index is 0.225. The van der Waals surface area contributed by atoms with Crippen LogP contribution in [0.5, 0.6) is 0 Å². The number of rotatable bonds is 3. The molecule has 23 heavy (non-hydrogen) atoms. The predicted molar refractivity (Wildman–Crippen MR) is 71.7 cm³/mol. The van der Waals surface area contributed by atoms with Crippen LogP contribution in [0.25, 0.3) is 0 Å². The third kappa shape index (κ3) is 2.12. The standard InChI is InChI=1S/C13H12F2N2O5S/c14-8-2-1-3-9(15)10(8)23(21,22)17-4-7-11(18)16-5-13(7,6-17)12(19)20/h1-3,7H,4-6H2,(H,16,18)(H,19,20)/t7-,13+/m0/s1. The molecular formula is C13H12F2N2O5S. The van der Waals surface area contributed by atoms with Crippen LogP contribution in [-0.4, -0.2) is 49.3 Å². The maximum absolute atomic E-state index is 13.8. The average Bonchev–Trinajstić information content (AvgIpc) is 2.98. The fraction of sp³-hybridized carbons (Fsp3) is 0.385. The van der Waals surface area contributed by atoms with E-state index in [1.165, 1.54) is 0 Å². The highest BCUT2D eigenvalue weighted by atomic mass is 32.2. The zero-order valence-corrected chi connectivity index (χ0v) is 12.4. The number of carbonyl (C=O) groups excluding carboxylic acids is 1. The van der Waals surface area contributed by atoms with Crippen LogP contribution >= 0.6 is 0 Å². The van der Waals surface area contributed by atoms with Gasteiger partial charge in [0.25, 0.3) is 0 Å². The second kappa shape index (κ2) is 4.96. The lowest BCUT2D eigenvalue weighted by Gasteiger charge is -2.22. The van der Waals surface area contributed by atoms with Gasteiger partial charge in [0.05, 0.1) is 5.92 Å². The normalized spacial score (nSPS) is 27.7. The summed E-state index contributed by atoms with van der Waals surface area (Å²) in [5.41, 5.74) is -1.62. The Morgan fingerprint density at radius 2 is 1.96 bits per heavy atom. The number of fused-ring (bicyclic) bond motifs is 1. The fourth-order valence-electron chi connectivity index (χ4n) is 3.08. The lowest BCUT2D eigenvalue weighted by atomic mass is 9.81. The van der Waals surface area contributed by atoms with Gasteiger partial charge in [0.1, 0.15) is 17.0 Å². The van der Waals surface area contributed by atoms with Crippen molar-refractivity contribution in [3.63, 3.8) is 0 Å². The van der Waals surface area contributed by atoms with Gasteiger partial charge in [-0.05, 0) is 12.1 Å². The Morgan fingerprint density at radius 1 is 1.35 bits per heavy atom. The van der Waals surface area contributed by atoms with Gasteiger partial charge in [-0.1, -0.05) is 6.07 Å². The molecule has 1 aromatic rings. The molecule has 2 heterocycles. The van der Waals surface area contributed by atoms with E-state index in [4.69, 9.17) is 0 Å². The average molecular weight is 346 g/mol. The molecule has 0 unspecified atom stereocenters. The van der Waals surface area contributed by atoms with Crippen molar-refractivity contribution in [3.8, 4) is 0 Å². The summed E-state index contributed by atoms with van der Waals surface area (Å²) in [7, 11) is -4.60. The lowest BCUT2D eigenvalue weighted by Crippen LogP contribution is -2.41.